The van der Waals surface area contributed by atoms with E-state index < -0.39 is 10.0 Å². The number of methoxy groups -OCH3 is 2. The Bertz CT molecular complexity index is 974. The van der Waals surface area contributed by atoms with E-state index in [1.54, 1.807) is 30.9 Å². The van der Waals surface area contributed by atoms with E-state index in [-0.39, 0.29) is 36.1 Å². The fourth-order valence-corrected chi connectivity index (χ4v) is 4.91. The SMILES string of the molecule is COc1ccc(OC)c(S(=O)(=O)N2CCN(C(=O)Cc3c(C)noc3C)CC2)c1. The van der Waals surface area contributed by atoms with E-state index in [0.717, 1.165) is 5.56 Å². The van der Waals surface area contributed by atoms with E-state index >= 15 is 0 Å². The third kappa shape index (κ3) is 4.23. The first-order valence-electron chi connectivity index (χ1n) is 9.19. The first-order valence-corrected chi connectivity index (χ1v) is 10.6. The van der Waals surface area contributed by atoms with E-state index in [0.29, 0.717) is 30.3 Å². The highest BCUT2D eigenvalue weighted by atomic mass is 32.2. The lowest BCUT2D eigenvalue weighted by molar-refractivity contribution is -0.131. The van der Waals surface area contributed by atoms with E-state index in [2.05, 4.69) is 5.16 Å². The number of hydrogen-bond donors (Lipinski definition) is 0. The average molecular weight is 423 g/mol. The van der Waals surface area contributed by atoms with Crippen LogP contribution in [0.4, 0.5) is 0 Å². The van der Waals surface area contributed by atoms with Crippen molar-refractivity contribution in [3.8, 4) is 11.5 Å². The van der Waals surface area contributed by atoms with Gasteiger partial charge in [0.05, 0.1) is 26.3 Å². The molecule has 1 aromatic heterocycles. The molecule has 0 bridgehead atoms. The number of piperazine rings is 1. The van der Waals surface area contributed by atoms with Gasteiger partial charge in [-0.05, 0) is 26.0 Å². The second kappa shape index (κ2) is 8.42. The molecule has 158 valence electrons. The zero-order valence-corrected chi connectivity index (χ0v) is 17.8. The van der Waals surface area contributed by atoms with Crippen molar-refractivity contribution in [2.24, 2.45) is 0 Å². The number of hydrogen-bond acceptors (Lipinski definition) is 7. The number of benzene rings is 1. The first kappa shape index (κ1) is 21.1. The van der Waals surface area contributed by atoms with Gasteiger partial charge in [-0.1, -0.05) is 5.16 Å². The molecular formula is C19H25N3O6S. The molecular weight excluding hydrogens is 398 g/mol. The number of carbonyl (C=O) groups is 1. The molecule has 1 aliphatic heterocycles. The predicted octanol–water partition coefficient (Wildman–Crippen LogP) is 1.38. The summed E-state index contributed by atoms with van der Waals surface area (Å²) in [5.74, 6) is 1.23. The fraction of sp³-hybridized carbons (Fsp3) is 0.474. The Hall–Kier alpha value is -2.59. The summed E-state index contributed by atoms with van der Waals surface area (Å²) in [5, 5.41) is 3.87. The molecule has 1 amide bonds. The summed E-state index contributed by atoms with van der Waals surface area (Å²) >= 11 is 0. The molecule has 0 atom stereocenters. The molecule has 29 heavy (non-hydrogen) atoms. The van der Waals surface area contributed by atoms with Crippen molar-refractivity contribution >= 4 is 15.9 Å². The molecule has 9 nitrogen and oxygen atoms in total. The second-order valence-electron chi connectivity index (χ2n) is 6.78. The summed E-state index contributed by atoms with van der Waals surface area (Å²) in [6.45, 7) is 4.60. The van der Waals surface area contributed by atoms with Gasteiger partial charge in [0.15, 0.2) is 0 Å². The van der Waals surface area contributed by atoms with E-state index in [9.17, 15) is 13.2 Å². The van der Waals surface area contributed by atoms with Crippen LogP contribution in [0.5, 0.6) is 11.5 Å². The van der Waals surface area contributed by atoms with Gasteiger partial charge >= 0.3 is 0 Å². The molecule has 2 heterocycles. The molecule has 10 heteroatoms. The molecule has 0 radical (unpaired) electrons. The van der Waals surface area contributed by atoms with Crippen LogP contribution in [-0.4, -0.2) is 69.1 Å². The topological polar surface area (TPSA) is 102 Å². The third-order valence-electron chi connectivity index (χ3n) is 5.09. The zero-order valence-electron chi connectivity index (χ0n) is 17.0. The number of aromatic nitrogens is 1. The van der Waals surface area contributed by atoms with Crippen LogP contribution in [0.3, 0.4) is 0 Å². The number of nitrogens with zero attached hydrogens (tertiary/aromatic N) is 3. The number of amides is 1. The van der Waals surface area contributed by atoms with Gasteiger partial charge in [0, 0.05) is 37.8 Å². The Morgan fingerprint density at radius 2 is 1.83 bits per heavy atom. The maximum Gasteiger partial charge on any atom is 0.247 e. The van der Waals surface area contributed by atoms with Gasteiger partial charge in [0.2, 0.25) is 15.9 Å². The van der Waals surface area contributed by atoms with Crippen LogP contribution in [0.1, 0.15) is 17.0 Å². The van der Waals surface area contributed by atoms with E-state index in [1.807, 2.05) is 0 Å². The summed E-state index contributed by atoms with van der Waals surface area (Å²) in [6.07, 6.45) is 0.192. The van der Waals surface area contributed by atoms with Crippen molar-refractivity contribution < 1.29 is 27.2 Å². The highest BCUT2D eigenvalue weighted by Gasteiger charge is 2.32. The minimum atomic E-state index is -3.78. The highest BCUT2D eigenvalue weighted by Crippen LogP contribution is 2.31. The Morgan fingerprint density at radius 1 is 1.14 bits per heavy atom. The molecule has 1 aromatic carbocycles. The number of rotatable bonds is 6. The Morgan fingerprint density at radius 3 is 2.38 bits per heavy atom. The summed E-state index contributed by atoms with van der Waals surface area (Å²) < 4.78 is 43.1. The minimum Gasteiger partial charge on any atom is -0.497 e. The van der Waals surface area contributed by atoms with Crippen LogP contribution < -0.4 is 9.47 Å². The maximum atomic E-state index is 13.1. The summed E-state index contributed by atoms with van der Waals surface area (Å²) in [4.78, 5) is 14.4. The lowest BCUT2D eigenvalue weighted by Crippen LogP contribution is -2.50. The standard InChI is InChI=1S/C19H25N3O6S/c1-13-16(14(2)28-20-13)12-19(23)21-7-9-22(10-8-21)29(24,25)18-11-15(26-3)5-6-17(18)27-4/h5-6,11H,7-10,12H2,1-4H3. The molecule has 0 aliphatic carbocycles. The van der Waals surface area contributed by atoms with Crippen LogP contribution in [0.25, 0.3) is 0 Å². The van der Waals surface area contributed by atoms with Crippen LogP contribution in [0.2, 0.25) is 0 Å². The third-order valence-corrected chi connectivity index (χ3v) is 7.01. The Balaban J connectivity index is 1.71. The highest BCUT2D eigenvalue weighted by molar-refractivity contribution is 7.89. The van der Waals surface area contributed by atoms with E-state index in [4.69, 9.17) is 14.0 Å². The average Bonchev–Trinajstić information content (AvgIpc) is 3.05. The van der Waals surface area contributed by atoms with Crippen molar-refractivity contribution in [3.63, 3.8) is 0 Å². The normalized spacial score (nSPS) is 15.4. The minimum absolute atomic E-state index is 0.0508. The van der Waals surface area contributed by atoms with Crippen molar-refractivity contribution in [2.75, 3.05) is 40.4 Å². The molecule has 0 N–H and O–H groups in total. The van der Waals surface area contributed by atoms with Gasteiger partial charge in [0.1, 0.15) is 22.2 Å². The van der Waals surface area contributed by atoms with Gasteiger partial charge in [-0.2, -0.15) is 4.31 Å². The van der Waals surface area contributed by atoms with Gasteiger partial charge in [0.25, 0.3) is 0 Å². The van der Waals surface area contributed by atoms with Gasteiger partial charge < -0.3 is 18.9 Å². The lowest BCUT2D eigenvalue weighted by atomic mass is 10.1. The maximum absolute atomic E-state index is 13.1. The largest absolute Gasteiger partial charge is 0.497 e. The van der Waals surface area contributed by atoms with Gasteiger partial charge in [-0.25, -0.2) is 8.42 Å². The molecule has 0 unspecified atom stereocenters. The van der Waals surface area contributed by atoms with Crippen molar-refractivity contribution in [1.29, 1.82) is 0 Å². The predicted molar refractivity (Wildman–Crippen MR) is 105 cm³/mol. The van der Waals surface area contributed by atoms with Crippen LogP contribution in [0.15, 0.2) is 27.6 Å². The number of ether oxygens (including phenoxy) is 2. The first-order chi connectivity index (χ1) is 13.8. The van der Waals surface area contributed by atoms with Crippen molar-refractivity contribution in [1.82, 2.24) is 14.4 Å². The van der Waals surface area contributed by atoms with Gasteiger partial charge in [-0.3, -0.25) is 4.79 Å². The Labute approximate surface area is 170 Å². The van der Waals surface area contributed by atoms with Crippen molar-refractivity contribution in [3.05, 3.63) is 35.2 Å². The van der Waals surface area contributed by atoms with Crippen LogP contribution in [0, 0.1) is 13.8 Å². The summed E-state index contributed by atoms with van der Waals surface area (Å²) in [5.41, 5.74) is 1.48. The molecule has 0 saturated carbocycles. The molecule has 0 spiro atoms. The lowest BCUT2D eigenvalue weighted by Gasteiger charge is -2.34. The van der Waals surface area contributed by atoms with Crippen molar-refractivity contribution in [2.45, 2.75) is 25.2 Å². The second-order valence-corrected chi connectivity index (χ2v) is 8.69. The van der Waals surface area contributed by atoms with E-state index in [1.165, 1.54) is 24.6 Å². The quantitative estimate of drug-likeness (QED) is 0.692. The fourth-order valence-electron chi connectivity index (χ4n) is 3.32. The molecule has 1 fully saturated rings. The molecule has 3 rings (SSSR count). The number of aryl methyl sites for hydroxylation is 2. The molecule has 2 aromatic rings. The summed E-state index contributed by atoms with van der Waals surface area (Å²) in [7, 11) is -0.888. The smallest absolute Gasteiger partial charge is 0.247 e. The number of carbonyl (C=O) groups excluding carboxylic acids is 1. The monoisotopic (exact) mass is 423 g/mol. The summed E-state index contributed by atoms with van der Waals surface area (Å²) in [6, 6.07) is 4.65. The molecule has 1 saturated heterocycles. The molecule has 1 aliphatic rings. The van der Waals surface area contributed by atoms with Crippen LogP contribution >= 0.6 is 0 Å². The Kier molecular flexibility index (Phi) is 6.13. The number of sulfonamides is 1. The van der Waals surface area contributed by atoms with Crippen LogP contribution in [-0.2, 0) is 21.2 Å². The zero-order chi connectivity index (χ0) is 21.2. The van der Waals surface area contributed by atoms with Gasteiger partial charge in [-0.15, -0.1) is 0 Å².